The van der Waals surface area contributed by atoms with Gasteiger partial charge in [0.15, 0.2) is 5.82 Å². The third kappa shape index (κ3) is 3.40. The van der Waals surface area contributed by atoms with Gasteiger partial charge in [-0.2, -0.15) is 4.98 Å². The monoisotopic (exact) mass is 430 g/mol. The highest BCUT2D eigenvalue weighted by atomic mass is 79.9. The van der Waals surface area contributed by atoms with Gasteiger partial charge in [-0.15, -0.1) is 0 Å². The minimum atomic E-state index is -2.85. The van der Waals surface area contributed by atoms with E-state index >= 15 is 0 Å². The van der Waals surface area contributed by atoms with E-state index in [0.717, 1.165) is 11.0 Å². The first-order valence-electron chi connectivity index (χ1n) is 7.21. The molecule has 0 spiro atoms. The van der Waals surface area contributed by atoms with Crippen LogP contribution in [-0.2, 0) is 0 Å². The van der Waals surface area contributed by atoms with Crippen LogP contribution in [0.2, 0.25) is 0 Å². The number of rotatable bonds is 5. The van der Waals surface area contributed by atoms with Crippen molar-refractivity contribution in [1.29, 1.82) is 0 Å². The molecule has 11 heteroatoms. The molecule has 3 aromatic rings. The molecular weight excluding hydrogens is 420 g/mol. The summed E-state index contributed by atoms with van der Waals surface area (Å²) in [5, 5.41) is -0.139. The van der Waals surface area contributed by atoms with Gasteiger partial charge in [0.05, 0.1) is 23.1 Å². The highest BCUT2D eigenvalue weighted by Crippen LogP contribution is 2.35. The third-order valence-corrected chi connectivity index (χ3v) is 4.03. The van der Waals surface area contributed by atoms with E-state index in [4.69, 9.17) is 5.84 Å². The summed E-state index contributed by atoms with van der Waals surface area (Å²) in [6, 6.07) is 5.18. The molecule has 0 amide bonds. The average molecular weight is 431 g/mol. The van der Waals surface area contributed by atoms with Crippen LogP contribution < -0.4 is 16.2 Å². The highest BCUT2D eigenvalue weighted by molar-refractivity contribution is 9.10. The summed E-state index contributed by atoms with van der Waals surface area (Å²) in [6.45, 7) is -0.933. The van der Waals surface area contributed by atoms with Gasteiger partial charge in [0, 0.05) is 6.20 Å². The van der Waals surface area contributed by atoms with Gasteiger partial charge < -0.3 is 4.90 Å². The summed E-state index contributed by atoms with van der Waals surface area (Å²) in [4.78, 5) is 12.5. The number of pyridine rings is 1. The molecule has 0 aliphatic heterocycles. The van der Waals surface area contributed by atoms with Crippen molar-refractivity contribution in [2.24, 2.45) is 5.84 Å². The van der Waals surface area contributed by atoms with Gasteiger partial charge in [0.2, 0.25) is 5.95 Å². The number of fused-ring (bicyclic) bond motifs is 1. The fourth-order valence-corrected chi connectivity index (χ4v) is 2.76. The Labute approximate surface area is 153 Å². The zero-order valence-electron chi connectivity index (χ0n) is 12.9. The van der Waals surface area contributed by atoms with Crippen molar-refractivity contribution in [3.8, 4) is 0 Å². The number of anilines is 3. The van der Waals surface area contributed by atoms with Crippen molar-refractivity contribution >= 4 is 44.3 Å². The first-order valence-corrected chi connectivity index (χ1v) is 8.00. The first kappa shape index (κ1) is 18.3. The molecule has 0 saturated carbocycles. The molecule has 26 heavy (non-hydrogen) atoms. The molecule has 0 bridgehead atoms. The summed E-state index contributed by atoms with van der Waals surface area (Å²) < 4.78 is 55.1. The summed E-state index contributed by atoms with van der Waals surface area (Å²) in [6.07, 6.45) is -1.63. The lowest BCUT2D eigenvalue weighted by atomic mass is 10.2. The van der Waals surface area contributed by atoms with E-state index in [9.17, 15) is 17.6 Å². The molecule has 6 nitrogen and oxygen atoms in total. The number of halogens is 5. The fraction of sp³-hybridized carbons (Fsp3) is 0.133. The van der Waals surface area contributed by atoms with E-state index in [1.165, 1.54) is 24.4 Å². The average Bonchev–Trinajstić information content (AvgIpc) is 2.61. The number of hydrogen-bond donors (Lipinski definition) is 2. The lowest BCUT2D eigenvalue weighted by Crippen LogP contribution is -2.27. The van der Waals surface area contributed by atoms with Crippen LogP contribution in [0.5, 0.6) is 0 Å². The number of hydrazine groups is 1. The number of nitrogens with zero attached hydrogens (tertiary/aromatic N) is 4. The van der Waals surface area contributed by atoms with Crippen LogP contribution in [0, 0.1) is 11.6 Å². The molecule has 0 aliphatic rings. The molecule has 0 radical (unpaired) electrons. The van der Waals surface area contributed by atoms with Gasteiger partial charge in [-0.1, -0.05) is 6.07 Å². The molecule has 0 unspecified atom stereocenters. The number of alkyl halides is 2. The number of benzene rings is 1. The molecule has 2 aromatic heterocycles. The maximum atomic E-state index is 14.5. The van der Waals surface area contributed by atoms with Crippen LogP contribution in [-0.4, -0.2) is 27.9 Å². The molecule has 0 saturated heterocycles. The minimum Gasteiger partial charge on any atom is -0.317 e. The zero-order chi connectivity index (χ0) is 18.8. The Hall–Kier alpha value is -2.53. The van der Waals surface area contributed by atoms with Crippen molar-refractivity contribution in [3.63, 3.8) is 0 Å². The number of nitrogens with one attached hydrogen (secondary N) is 1. The van der Waals surface area contributed by atoms with Crippen molar-refractivity contribution in [1.82, 2.24) is 15.0 Å². The quantitative estimate of drug-likeness (QED) is 0.277. The first-order chi connectivity index (χ1) is 12.4. The molecular formula is C15H11BrF4N6. The fourth-order valence-electron chi connectivity index (χ4n) is 2.44. The summed E-state index contributed by atoms with van der Waals surface area (Å²) in [7, 11) is 0. The van der Waals surface area contributed by atoms with Crippen LogP contribution in [0.25, 0.3) is 10.9 Å². The van der Waals surface area contributed by atoms with Crippen LogP contribution >= 0.6 is 15.9 Å². The summed E-state index contributed by atoms with van der Waals surface area (Å²) in [5.74, 6) is 3.30. The summed E-state index contributed by atoms with van der Waals surface area (Å²) >= 11 is 2.91. The van der Waals surface area contributed by atoms with Crippen LogP contribution in [0.4, 0.5) is 35.0 Å². The predicted octanol–water partition coefficient (Wildman–Crippen LogP) is 3.75. The zero-order valence-corrected chi connectivity index (χ0v) is 14.5. The molecule has 0 atom stereocenters. The van der Waals surface area contributed by atoms with Gasteiger partial charge in [-0.25, -0.2) is 33.4 Å². The lowest BCUT2D eigenvalue weighted by Gasteiger charge is -2.25. The Bertz CT molecular complexity index is 955. The van der Waals surface area contributed by atoms with Gasteiger partial charge in [-0.05, 0) is 34.1 Å². The molecule has 3 N–H and O–H groups in total. The smallest absolute Gasteiger partial charge is 0.256 e. The SMILES string of the molecule is NNc1nc(N(CC(F)F)c2ccnc(Br)c2F)c2c(F)cccc2n1. The molecule has 0 aliphatic carbocycles. The van der Waals surface area contributed by atoms with Crippen molar-refractivity contribution in [3.05, 3.63) is 46.7 Å². The second kappa shape index (κ2) is 7.38. The van der Waals surface area contributed by atoms with E-state index in [1.54, 1.807) is 0 Å². The lowest BCUT2D eigenvalue weighted by molar-refractivity contribution is 0.157. The molecule has 136 valence electrons. The van der Waals surface area contributed by atoms with Crippen molar-refractivity contribution in [2.75, 3.05) is 16.9 Å². The van der Waals surface area contributed by atoms with Gasteiger partial charge in [0.25, 0.3) is 6.43 Å². The summed E-state index contributed by atoms with van der Waals surface area (Å²) in [5.41, 5.74) is 2.06. The third-order valence-electron chi connectivity index (χ3n) is 3.48. The molecule has 0 fully saturated rings. The topological polar surface area (TPSA) is 80.0 Å². The van der Waals surface area contributed by atoms with Crippen LogP contribution in [0.3, 0.4) is 0 Å². The van der Waals surface area contributed by atoms with E-state index in [0.29, 0.717) is 0 Å². The largest absolute Gasteiger partial charge is 0.317 e. The maximum absolute atomic E-state index is 14.5. The van der Waals surface area contributed by atoms with Gasteiger partial charge >= 0.3 is 0 Å². The maximum Gasteiger partial charge on any atom is 0.256 e. The van der Waals surface area contributed by atoms with Crippen molar-refractivity contribution in [2.45, 2.75) is 6.43 Å². The van der Waals surface area contributed by atoms with Crippen LogP contribution in [0.15, 0.2) is 35.1 Å². The van der Waals surface area contributed by atoms with E-state index < -0.39 is 24.6 Å². The number of nitrogens with two attached hydrogens (primary N) is 1. The van der Waals surface area contributed by atoms with Gasteiger partial charge in [-0.3, -0.25) is 5.43 Å². The molecule has 1 aromatic carbocycles. The van der Waals surface area contributed by atoms with E-state index in [-0.39, 0.29) is 33.0 Å². The molecule has 3 rings (SSSR count). The Morgan fingerprint density at radius 2 is 1.96 bits per heavy atom. The van der Waals surface area contributed by atoms with Crippen LogP contribution in [0.1, 0.15) is 0 Å². The number of nitrogen functional groups attached to an aromatic ring is 1. The Balaban J connectivity index is 2.32. The standard InChI is InChI=1S/C15H11BrF4N6/c16-13-12(20)9(4-5-22-13)26(6-10(18)19)14-11-7(17)2-1-3-8(11)23-15(24-14)25-21/h1-5,10H,6,21H2,(H,23,24,25). The van der Waals surface area contributed by atoms with Gasteiger partial charge in [0.1, 0.15) is 16.2 Å². The van der Waals surface area contributed by atoms with Crippen molar-refractivity contribution < 1.29 is 17.6 Å². The van der Waals surface area contributed by atoms with E-state index in [1.807, 2.05) is 0 Å². The number of aromatic nitrogens is 3. The predicted molar refractivity (Wildman–Crippen MR) is 92.2 cm³/mol. The number of hydrogen-bond acceptors (Lipinski definition) is 6. The minimum absolute atomic E-state index is 0.121. The van der Waals surface area contributed by atoms with E-state index in [2.05, 4.69) is 36.3 Å². The second-order valence-corrected chi connectivity index (χ2v) is 5.84. The highest BCUT2D eigenvalue weighted by Gasteiger charge is 2.25. The Morgan fingerprint density at radius 1 is 1.19 bits per heavy atom. The Kier molecular flexibility index (Phi) is 5.18. The molecule has 2 heterocycles. The Morgan fingerprint density at radius 3 is 2.65 bits per heavy atom. The second-order valence-electron chi connectivity index (χ2n) is 5.09. The normalized spacial score (nSPS) is 11.2.